The number of nitrogens with zero attached hydrogens (tertiary/aromatic N) is 1. The fourth-order valence-electron chi connectivity index (χ4n) is 3.20. The van der Waals surface area contributed by atoms with E-state index in [2.05, 4.69) is 15.6 Å². The molecule has 5 heteroatoms. The summed E-state index contributed by atoms with van der Waals surface area (Å²) in [6.07, 6.45) is 6.80. The van der Waals surface area contributed by atoms with Gasteiger partial charge in [0.2, 0.25) is 0 Å². The molecule has 0 unspecified atom stereocenters. The van der Waals surface area contributed by atoms with Crippen molar-refractivity contribution >= 4 is 17.5 Å². The molecular formula is C21H25N3O2. The Kier molecular flexibility index (Phi) is 6.00. The monoisotopic (exact) mass is 351 g/mol. The van der Waals surface area contributed by atoms with Crippen molar-refractivity contribution in [1.29, 1.82) is 0 Å². The van der Waals surface area contributed by atoms with E-state index in [9.17, 15) is 9.59 Å². The molecule has 0 radical (unpaired) electrons. The van der Waals surface area contributed by atoms with Crippen LogP contribution in [-0.2, 0) is 0 Å². The number of amides is 2. The Balaban J connectivity index is 1.65. The van der Waals surface area contributed by atoms with E-state index in [4.69, 9.17) is 0 Å². The molecule has 1 aromatic heterocycles. The lowest BCUT2D eigenvalue weighted by Crippen LogP contribution is -2.35. The van der Waals surface area contributed by atoms with Crippen molar-refractivity contribution < 1.29 is 9.59 Å². The van der Waals surface area contributed by atoms with Gasteiger partial charge in [-0.2, -0.15) is 0 Å². The molecule has 0 bridgehead atoms. The minimum Gasteiger partial charge on any atom is -0.348 e. The molecule has 1 saturated carbocycles. The van der Waals surface area contributed by atoms with Gasteiger partial charge in [0.1, 0.15) is 11.4 Å². The number of carbonyl (C=O) groups is 2. The predicted molar refractivity (Wildman–Crippen MR) is 102 cm³/mol. The van der Waals surface area contributed by atoms with Crippen LogP contribution in [0.3, 0.4) is 0 Å². The number of anilines is 1. The number of aryl methyl sites for hydroxylation is 1. The summed E-state index contributed by atoms with van der Waals surface area (Å²) in [5.74, 6) is -0.528. The third-order valence-electron chi connectivity index (χ3n) is 4.71. The number of rotatable bonds is 4. The lowest BCUT2D eigenvalue weighted by molar-refractivity contribution is 0.0928. The first kappa shape index (κ1) is 18.1. The van der Waals surface area contributed by atoms with Crippen molar-refractivity contribution in [3.8, 4) is 0 Å². The lowest BCUT2D eigenvalue weighted by atomic mass is 10.1. The smallest absolute Gasteiger partial charge is 0.274 e. The average molecular weight is 351 g/mol. The number of carbonyl (C=O) groups excluding carboxylic acids is 2. The molecule has 1 fully saturated rings. The van der Waals surface area contributed by atoms with E-state index in [1.54, 1.807) is 18.2 Å². The van der Waals surface area contributed by atoms with Crippen LogP contribution in [0.25, 0.3) is 0 Å². The fraction of sp³-hybridized carbons (Fsp3) is 0.381. The third-order valence-corrected chi connectivity index (χ3v) is 4.71. The maximum atomic E-state index is 12.5. The molecule has 0 atom stereocenters. The molecular weight excluding hydrogens is 326 g/mol. The van der Waals surface area contributed by atoms with Gasteiger partial charge in [0, 0.05) is 11.7 Å². The molecule has 1 aromatic carbocycles. The first-order valence-electron chi connectivity index (χ1n) is 9.28. The summed E-state index contributed by atoms with van der Waals surface area (Å²) < 4.78 is 0. The summed E-state index contributed by atoms with van der Waals surface area (Å²) in [4.78, 5) is 29.1. The van der Waals surface area contributed by atoms with Crippen molar-refractivity contribution in [3.05, 3.63) is 59.4 Å². The Morgan fingerprint density at radius 2 is 1.50 bits per heavy atom. The van der Waals surface area contributed by atoms with Crippen LogP contribution in [0.2, 0.25) is 0 Å². The first-order valence-corrected chi connectivity index (χ1v) is 9.28. The Morgan fingerprint density at radius 1 is 0.885 bits per heavy atom. The first-order chi connectivity index (χ1) is 12.6. The molecule has 1 aliphatic rings. The van der Waals surface area contributed by atoms with Gasteiger partial charge in [-0.15, -0.1) is 0 Å². The van der Waals surface area contributed by atoms with Crippen LogP contribution < -0.4 is 10.6 Å². The highest BCUT2D eigenvalue weighted by molar-refractivity contribution is 6.03. The highest BCUT2D eigenvalue weighted by atomic mass is 16.2. The highest BCUT2D eigenvalue weighted by Gasteiger charge is 2.18. The number of hydrogen-bond acceptors (Lipinski definition) is 3. The molecule has 5 nitrogen and oxygen atoms in total. The van der Waals surface area contributed by atoms with Crippen LogP contribution in [0.15, 0.2) is 42.5 Å². The molecule has 2 N–H and O–H groups in total. The van der Waals surface area contributed by atoms with Crippen molar-refractivity contribution in [2.45, 2.75) is 51.5 Å². The molecule has 0 saturated heterocycles. The summed E-state index contributed by atoms with van der Waals surface area (Å²) in [6.45, 7) is 1.99. The molecule has 136 valence electrons. The quantitative estimate of drug-likeness (QED) is 0.815. The number of hydrogen-bond donors (Lipinski definition) is 2. The maximum absolute atomic E-state index is 12.5. The highest BCUT2D eigenvalue weighted by Crippen LogP contribution is 2.17. The number of aromatic nitrogens is 1. The zero-order valence-corrected chi connectivity index (χ0v) is 15.1. The zero-order chi connectivity index (χ0) is 18.4. The Hall–Kier alpha value is -2.69. The summed E-state index contributed by atoms with van der Waals surface area (Å²) in [6, 6.07) is 12.7. The Labute approximate surface area is 154 Å². The minimum absolute atomic E-state index is 0.205. The largest absolute Gasteiger partial charge is 0.348 e. The molecule has 3 rings (SSSR count). The van der Waals surface area contributed by atoms with Crippen LogP contribution >= 0.6 is 0 Å². The van der Waals surface area contributed by atoms with Gasteiger partial charge < -0.3 is 10.6 Å². The molecule has 2 aromatic rings. The number of pyridine rings is 1. The maximum Gasteiger partial charge on any atom is 0.274 e. The van der Waals surface area contributed by atoms with Crippen LogP contribution in [0.4, 0.5) is 5.69 Å². The fourth-order valence-corrected chi connectivity index (χ4v) is 3.20. The van der Waals surface area contributed by atoms with Crippen LogP contribution in [-0.4, -0.2) is 22.8 Å². The SMILES string of the molecule is Cc1ccc(NC(=O)c2cccc(C(=O)NC3CCCCCC3)n2)cc1. The molecule has 26 heavy (non-hydrogen) atoms. The molecule has 0 aliphatic heterocycles. The van der Waals surface area contributed by atoms with E-state index in [1.807, 2.05) is 31.2 Å². The van der Waals surface area contributed by atoms with E-state index in [-0.39, 0.29) is 29.2 Å². The Bertz CT molecular complexity index is 763. The second kappa shape index (κ2) is 8.61. The van der Waals surface area contributed by atoms with Gasteiger partial charge in [-0.3, -0.25) is 9.59 Å². The van der Waals surface area contributed by atoms with Gasteiger partial charge in [0.05, 0.1) is 0 Å². The van der Waals surface area contributed by atoms with E-state index < -0.39 is 0 Å². The summed E-state index contributed by atoms with van der Waals surface area (Å²) >= 11 is 0. The van der Waals surface area contributed by atoms with E-state index in [0.717, 1.165) is 31.2 Å². The van der Waals surface area contributed by atoms with E-state index >= 15 is 0 Å². The van der Waals surface area contributed by atoms with Crippen molar-refractivity contribution in [3.63, 3.8) is 0 Å². The summed E-state index contributed by atoms with van der Waals surface area (Å²) in [5.41, 5.74) is 2.35. The molecule has 0 spiro atoms. The standard InChI is InChI=1S/C21H25N3O2/c1-15-11-13-17(14-12-15)23-21(26)19-10-6-9-18(24-19)20(25)22-16-7-4-2-3-5-8-16/h6,9-14,16H,2-5,7-8H2,1H3,(H,22,25)(H,23,26). The van der Waals surface area contributed by atoms with Crippen molar-refractivity contribution in [1.82, 2.24) is 10.3 Å². The van der Waals surface area contributed by atoms with Crippen LogP contribution in [0.1, 0.15) is 65.1 Å². The third kappa shape index (κ3) is 4.91. The minimum atomic E-state index is -0.321. The Morgan fingerprint density at radius 3 is 2.15 bits per heavy atom. The van der Waals surface area contributed by atoms with Gasteiger partial charge >= 0.3 is 0 Å². The van der Waals surface area contributed by atoms with Gasteiger partial charge in [0.15, 0.2) is 0 Å². The van der Waals surface area contributed by atoms with E-state index in [1.165, 1.54) is 12.8 Å². The van der Waals surface area contributed by atoms with Crippen LogP contribution in [0.5, 0.6) is 0 Å². The summed E-state index contributed by atoms with van der Waals surface area (Å²) in [7, 11) is 0. The average Bonchev–Trinajstić information content (AvgIpc) is 2.92. The van der Waals surface area contributed by atoms with Gasteiger partial charge in [-0.25, -0.2) is 4.98 Å². The number of nitrogens with one attached hydrogen (secondary N) is 2. The normalized spacial score (nSPS) is 15.1. The van der Waals surface area contributed by atoms with Crippen molar-refractivity contribution in [2.24, 2.45) is 0 Å². The molecule has 1 aliphatic carbocycles. The van der Waals surface area contributed by atoms with Gasteiger partial charge in [-0.05, 0) is 44.0 Å². The van der Waals surface area contributed by atoms with Crippen LogP contribution in [0, 0.1) is 6.92 Å². The second-order valence-electron chi connectivity index (χ2n) is 6.89. The second-order valence-corrected chi connectivity index (χ2v) is 6.89. The number of benzene rings is 1. The van der Waals surface area contributed by atoms with E-state index in [0.29, 0.717) is 5.69 Å². The summed E-state index contributed by atoms with van der Waals surface area (Å²) in [5, 5.41) is 5.87. The molecule has 1 heterocycles. The molecule has 2 amide bonds. The van der Waals surface area contributed by atoms with Gasteiger partial charge in [0.25, 0.3) is 11.8 Å². The topological polar surface area (TPSA) is 71.1 Å². The van der Waals surface area contributed by atoms with Gasteiger partial charge in [-0.1, -0.05) is 49.4 Å². The zero-order valence-electron chi connectivity index (χ0n) is 15.1. The lowest BCUT2D eigenvalue weighted by Gasteiger charge is -2.16. The predicted octanol–water partition coefficient (Wildman–Crippen LogP) is 4.09. The van der Waals surface area contributed by atoms with Crippen molar-refractivity contribution in [2.75, 3.05) is 5.32 Å².